The molecule has 0 atom stereocenters. The van der Waals surface area contributed by atoms with Gasteiger partial charge in [0.1, 0.15) is 0 Å². The van der Waals surface area contributed by atoms with Crippen molar-refractivity contribution in [2.45, 2.75) is 0 Å². The average Bonchev–Trinajstić information content (AvgIpc) is 2.29. The molecule has 0 radical (unpaired) electrons. The number of aromatic nitrogens is 2. The predicted molar refractivity (Wildman–Crippen MR) is 75.1 cm³/mol. The molecule has 80 valence electrons. The minimum absolute atomic E-state index is 0. The second-order valence-corrected chi connectivity index (χ2v) is 4.24. The van der Waals surface area contributed by atoms with E-state index >= 15 is 0 Å². The van der Waals surface area contributed by atoms with Crippen molar-refractivity contribution in [2.24, 2.45) is 0 Å². The number of hydrogen-bond donors (Lipinski definition) is 0. The highest BCUT2D eigenvalue weighted by molar-refractivity contribution is 9.10. The fourth-order valence-electron chi connectivity index (χ4n) is 1.81. The molecule has 0 bridgehead atoms. The summed E-state index contributed by atoms with van der Waals surface area (Å²) in [5.74, 6) is 0. The van der Waals surface area contributed by atoms with E-state index in [-0.39, 0.29) is 17.0 Å². The van der Waals surface area contributed by atoms with Crippen molar-refractivity contribution >= 4 is 54.5 Å². The largest absolute Gasteiger partial charge is 0.264 e. The summed E-state index contributed by atoms with van der Waals surface area (Å²) in [6.07, 6.45) is 7.39. The highest BCUT2D eigenvalue weighted by atomic mass is 79.9. The summed E-state index contributed by atoms with van der Waals surface area (Å²) >= 11 is 3.54. The normalized spacial score (nSPS) is 10.3. The van der Waals surface area contributed by atoms with Crippen LogP contribution in [0.1, 0.15) is 0 Å². The maximum absolute atomic E-state index is 4.16. The number of fused-ring (bicyclic) bond motifs is 3. The molecule has 0 saturated heterocycles. The smallest absolute Gasteiger partial charge is 0.0443 e. The summed E-state index contributed by atoms with van der Waals surface area (Å²) in [5.41, 5.74) is 0. The van der Waals surface area contributed by atoms with Crippen LogP contribution in [-0.2, 0) is 0 Å². The first kappa shape index (κ1) is 11.5. The van der Waals surface area contributed by atoms with Gasteiger partial charge in [-0.05, 0) is 27.4 Å². The minimum Gasteiger partial charge on any atom is -0.264 e. The molecule has 0 amide bonds. The number of benzene rings is 1. The molecule has 1 aromatic carbocycles. The molecule has 4 heteroatoms. The van der Waals surface area contributed by atoms with Gasteiger partial charge in [0.15, 0.2) is 0 Å². The number of pyridine rings is 2. The van der Waals surface area contributed by atoms with E-state index in [1.54, 1.807) is 0 Å². The van der Waals surface area contributed by atoms with Crippen molar-refractivity contribution in [1.82, 2.24) is 9.97 Å². The molecular formula is C12H8Br2N2. The average molecular weight is 340 g/mol. The van der Waals surface area contributed by atoms with Crippen LogP contribution in [0.15, 0.2) is 47.5 Å². The lowest BCUT2D eigenvalue weighted by molar-refractivity contribution is 1.34. The van der Waals surface area contributed by atoms with Gasteiger partial charge in [-0.25, -0.2) is 0 Å². The number of rotatable bonds is 0. The van der Waals surface area contributed by atoms with Gasteiger partial charge in [0.25, 0.3) is 0 Å². The molecular weight excluding hydrogens is 332 g/mol. The molecule has 0 N–H and O–H groups in total. The quantitative estimate of drug-likeness (QED) is 0.576. The van der Waals surface area contributed by atoms with E-state index in [1.807, 2.05) is 30.9 Å². The molecule has 0 saturated carbocycles. The van der Waals surface area contributed by atoms with Crippen LogP contribution in [0, 0.1) is 0 Å². The van der Waals surface area contributed by atoms with Crippen molar-refractivity contribution < 1.29 is 0 Å². The van der Waals surface area contributed by atoms with Crippen molar-refractivity contribution in [3.8, 4) is 0 Å². The Morgan fingerprint density at radius 3 is 2.50 bits per heavy atom. The van der Waals surface area contributed by atoms with Crippen molar-refractivity contribution in [3.63, 3.8) is 0 Å². The summed E-state index contributed by atoms with van der Waals surface area (Å²) in [6.45, 7) is 0. The highest BCUT2D eigenvalue weighted by Crippen LogP contribution is 2.29. The fourth-order valence-corrected chi connectivity index (χ4v) is 2.37. The Kier molecular flexibility index (Phi) is 3.21. The van der Waals surface area contributed by atoms with Crippen LogP contribution in [0.2, 0.25) is 0 Å². The molecule has 0 spiro atoms. The second-order valence-electron chi connectivity index (χ2n) is 3.38. The van der Waals surface area contributed by atoms with Crippen LogP contribution in [0.25, 0.3) is 21.5 Å². The van der Waals surface area contributed by atoms with Crippen LogP contribution >= 0.6 is 32.9 Å². The van der Waals surface area contributed by atoms with Crippen molar-refractivity contribution in [1.29, 1.82) is 0 Å². The van der Waals surface area contributed by atoms with Crippen LogP contribution in [0.5, 0.6) is 0 Å². The molecule has 16 heavy (non-hydrogen) atoms. The third kappa shape index (κ3) is 1.72. The number of halogens is 2. The topological polar surface area (TPSA) is 25.8 Å². The van der Waals surface area contributed by atoms with Gasteiger partial charge in [-0.1, -0.05) is 12.1 Å². The van der Waals surface area contributed by atoms with Gasteiger partial charge in [0, 0.05) is 45.4 Å². The van der Waals surface area contributed by atoms with E-state index in [0.29, 0.717) is 0 Å². The zero-order valence-electron chi connectivity index (χ0n) is 8.22. The summed E-state index contributed by atoms with van der Waals surface area (Å²) < 4.78 is 1.02. The van der Waals surface area contributed by atoms with Crippen molar-refractivity contribution in [2.75, 3.05) is 0 Å². The summed E-state index contributed by atoms with van der Waals surface area (Å²) in [7, 11) is 0. The monoisotopic (exact) mass is 338 g/mol. The van der Waals surface area contributed by atoms with E-state index in [0.717, 1.165) is 15.2 Å². The SMILES string of the molecule is Br.Brc1cncc2ccc3cnccc3c12. The van der Waals surface area contributed by atoms with Crippen LogP contribution < -0.4 is 0 Å². The molecule has 2 nitrogen and oxygen atoms in total. The van der Waals surface area contributed by atoms with E-state index in [4.69, 9.17) is 0 Å². The Morgan fingerprint density at radius 1 is 0.875 bits per heavy atom. The Bertz CT molecular complexity index is 653. The minimum atomic E-state index is 0. The highest BCUT2D eigenvalue weighted by Gasteiger charge is 2.03. The Morgan fingerprint density at radius 2 is 1.62 bits per heavy atom. The molecule has 3 aromatic rings. The van der Waals surface area contributed by atoms with Gasteiger partial charge in [-0.15, -0.1) is 17.0 Å². The second kappa shape index (κ2) is 4.47. The maximum Gasteiger partial charge on any atom is 0.0443 e. The van der Waals surface area contributed by atoms with E-state index in [9.17, 15) is 0 Å². The third-order valence-electron chi connectivity index (χ3n) is 2.49. The Hall–Kier alpha value is -1.00. The fraction of sp³-hybridized carbons (Fsp3) is 0. The first-order valence-corrected chi connectivity index (χ1v) is 5.41. The van der Waals surface area contributed by atoms with Crippen LogP contribution in [0.3, 0.4) is 0 Å². The van der Waals surface area contributed by atoms with Crippen LogP contribution in [0.4, 0.5) is 0 Å². The maximum atomic E-state index is 4.16. The number of nitrogens with zero attached hydrogens (tertiary/aromatic N) is 2. The molecule has 0 aliphatic heterocycles. The van der Waals surface area contributed by atoms with Gasteiger partial charge in [-0.2, -0.15) is 0 Å². The molecule has 2 heterocycles. The lowest BCUT2D eigenvalue weighted by Crippen LogP contribution is -1.81. The molecule has 0 fully saturated rings. The molecule has 0 unspecified atom stereocenters. The first-order chi connectivity index (χ1) is 7.36. The van der Waals surface area contributed by atoms with Gasteiger partial charge in [-0.3, -0.25) is 9.97 Å². The first-order valence-electron chi connectivity index (χ1n) is 4.62. The summed E-state index contributed by atoms with van der Waals surface area (Å²) in [6, 6.07) is 6.17. The summed E-state index contributed by atoms with van der Waals surface area (Å²) in [5, 5.41) is 4.70. The van der Waals surface area contributed by atoms with E-state index in [1.165, 1.54) is 10.8 Å². The molecule has 2 aromatic heterocycles. The third-order valence-corrected chi connectivity index (χ3v) is 3.09. The van der Waals surface area contributed by atoms with Gasteiger partial charge < -0.3 is 0 Å². The molecule has 3 rings (SSSR count). The molecule has 0 aliphatic carbocycles. The van der Waals surface area contributed by atoms with Gasteiger partial charge in [0.05, 0.1) is 0 Å². The lowest BCUT2D eigenvalue weighted by atomic mass is 10.1. The number of hydrogen-bond acceptors (Lipinski definition) is 2. The van der Waals surface area contributed by atoms with Crippen LogP contribution in [-0.4, -0.2) is 9.97 Å². The predicted octanol–water partition coefficient (Wildman–Crippen LogP) is 4.12. The Balaban J connectivity index is 0.000000963. The zero-order chi connectivity index (χ0) is 10.3. The Labute approximate surface area is 112 Å². The molecule has 0 aliphatic rings. The summed E-state index contributed by atoms with van der Waals surface area (Å²) in [4.78, 5) is 8.28. The van der Waals surface area contributed by atoms with Gasteiger partial charge in [0.2, 0.25) is 0 Å². The van der Waals surface area contributed by atoms with E-state index in [2.05, 4.69) is 38.0 Å². The lowest BCUT2D eigenvalue weighted by Gasteiger charge is -2.04. The van der Waals surface area contributed by atoms with Crippen molar-refractivity contribution in [3.05, 3.63) is 47.5 Å². The standard InChI is InChI=1S/C12H7BrN2.BrH/c13-11-7-15-6-9-2-1-8-5-14-4-3-10(8)12(9)11;/h1-7H;1H. The van der Waals surface area contributed by atoms with E-state index < -0.39 is 0 Å². The van der Waals surface area contributed by atoms with Gasteiger partial charge >= 0.3 is 0 Å². The zero-order valence-corrected chi connectivity index (χ0v) is 11.5.